The molecule has 0 aliphatic heterocycles. The highest BCUT2D eigenvalue weighted by molar-refractivity contribution is 5.68. The highest BCUT2D eigenvalue weighted by atomic mass is 16.1. The van der Waals surface area contributed by atoms with Gasteiger partial charge in [0.15, 0.2) is 5.82 Å². The molecular weight excluding hydrogens is 166 g/mol. The number of nitrogens with zero attached hydrogens (tertiary/aromatic N) is 3. The van der Waals surface area contributed by atoms with E-state index in [4.69, 9.17) is 0 Å². The number of pyridine rings is 1. The summed E-state index contributed by atoms with van der Waals surface area (Å²) in [6.07, 6.45) is 3.37. The van der Waals surface area contributed by atoms with Gasteiger partial charge < -0.3 is 4.40 Å². The van der Waals surface area contributed by atoms with Gasteiger partial charge in [0.25, 0.3) is 0 Å². The maximum absolute atomic E-state index is 10.1. The van der Waals surface area contributed by atoms with Gasteiger partial charge in [0.2, 0.25) is 6.08 Å². The van der Waals surface area contributed by atoms with Crippen molar-refractivity contribution in [3.05, 3.63) is 30.2 Å². The van der Waals surface area contributed by atoms with Gasteiger partial charge in [0.1, 0.15) is 5.82 Å². The summed E-state index contributed by atoms with van der Waals surface area (Å²) in [6.45, 7) is 1.86. The predicted octanol–water partition coefficient (Wildman–Crippen LogP) is 1.61. The van der Waals surface area contributed by atoms with Gasteiger partial charge in [-0.2, -0.15) is 0 Å². The second-order valence-corrected chi connectivity index (χ2v) is 2.64. The number of aliphatic imine (C=N–C) groups is 1. The molecule has 0 saturated heterocycles. The molecule has 0 N–H and O–H groups in total. The van der Waals surface area contributed by atoms with Crippen molar-refractivity contribution >= 4 is 17.4 Å². The van der Waals surface area contributed by atoms with Gasteiger partial charge >= 0.3 is 0 Å². The molecule has 0 aliphatic rings. The Bertz CT molecular complexity index is 495. The summed E-state index contributed by atoms with van der Waals surface area (Å²) in [5, 5.41) is 0. The Hall–Kier alpha value is -1.93. The van der Waals surface area contributed by atoms with Crippen molar-refractivity contribution in [3.8, 4) is 0 Å². The van der Waals surface area contributed by atoms with E-state index in [2.05, 4.69) is 9.98 Å². The van der Waals surface area contributed by atoms with E-state index < -0.39 is 0 Å². The van der Waals surface area contributed by atoms with E-state index >= 15 is 0 Å². The summed E-state index contributed by atoms with van der Waals surface area (Å²) in [5.41, 5.74) is 0.823. The van der Waals surface area contributed by atoms with Crippen LogP contribution in [0.2, 0.25) is 0 Å². The smallest absolute Gasteiger partial charge is 0.242 e. The normalized spacial score (nSPS) is 9.92. The van der Waals surface area contributed by atoms with Crippen LogP contribution in [-0.2, 0) is 4.79 Å². The molecule has 4 heteroatoms. The standard InChI is InChI=1S/C9H7N3O/c1-7-11-9(10-6-13)8-4-2-3-5-12(7)8/h2-5H,1H3. The molecule has 4 nitrogen and oxygen atoms in total. The lowest BCUT2D eigenvalue weighted by molar-refractivity contribution is 0.565. The number of aromatic nitrogens is 2. The quantitative estimate of drug-likeness (QED) is 0.485. The zero-order valence-electron chi connectivity index (χ0n) is 7.06. The maximum Gasteiger partial charge on any atom is 0.242 e. The molecule has 0 bridgehead atoms. The van der Waals surface area contributed by atoms with Crippen LogP contribution in [0.15, 0.2) is 29.4 Å². The predicted molar refractivity (Wildman–Crippen MR) is 47.7 cm³/mol. The molecule has 0 aromatic carbocycles. The first-order valence-corrected chi connectivity index (χ1v) is 3.84. The van der Waals surface area contributed by atoms with Gasteiger partial charge in [-0.3, -0.25) is 0 Å². The first-order valence-electron chi connectivity index (χ1n) is 3.84. The monoisotopic (exact) mass is 173 g/mol. The van der Waals surface area contributed by atoms with Crippen LogP contribution in [0.25, 0.3) is 5.52 Å². The minimum Gasteiger partial charge on any atom is -0.302 e. The Balaban J connectivity index is 2.85. The molecule has 0 saturated carbocycles. The van der Waals surface area contributed by atoms with Crippen LogP contribution in [0, 0.1) is 6.92 Å². The Morgan fingerprint density at radius 3 is 3.15 bits per heavy atom. The Morgan fingerprint density at radius 2 is 2.38 bits per heavy atom. The lowest BCUT2D eigenvalue weighted by atomic mass is 10.4. The Morgan fingerprint density at radius 1 is 1.54 bits per heavy atom. The number of aryl methyl sites for hydroxylation is 1. The van der Waals surface area contributed by atoms with Gasteiger partial charge in [-0.05, 0) is 19.1 Å². The van der Waals surface area contributed by atoms with E-state index in [1.54, 1.807) is 0 Å². The highest BCUT2D eigenvalue weighted by Gasteiger charge is 2.04. The number of carbonyl (C=O) groups excluding carboxylic acids is 1. The van der Waals surface area contributed by atoms with Crippen molar-refractivity contribution in [1.82, 2.24) is 9.38 Å². The molecular formula is C9H7N3O. The molecule has 2 rings (SSSR count). The highest BCUT2D eigenvalue weighted by Crippen LogP contribution is 2.19. The molecule has 2 heterocycles. The maximum atomic E-state index is 10.1. The van der Waals surface area contributed by atoms with E-state index in [9.17, 15) is 4.79 Å². The number of imidazole rings is 1. The van der Waals surface area contributed by atoms with Gasteiger partial charge in [-0.1, -0.05) is 6.07 Å². The third-order valence-electron chi connectivity index (χ3n) is 1.86. The van der Waals surface area contributed by atoms with Crippen molar-refractivity contribution < 1.29 is 4.79 Å². The topological polar surface area (TPSA) is 46.7 Å². The van der Waals surface area contributed by atoms with Crippen molar-refractivity contribution in [2.45, 2.75) is 6.92 Å². The molecule has 0 radical (unpaired) electrons. The summed E-state index contributed by atoms with van der Waals surface area (Å²) >= 11 is 0. The van der Waals surface area contributed by atoms with Crippen molar-refractivity contribution in [1.29, 1.82) is 0 Å². The molecule has 0 fully saturated rings. The van der Waals surface area contributed by atoms with Crippen LogP contribution < -0.4 is 0 Å². The second-order valence-electron chi connectivity index (χ2n) is 2.64. The fraction of sp³-hybridized carbons (Fsp3) is 0.111. The van der Waals surface area contributed by atoms with Gasteiger partial charge in [-0.15, -0.1) is 4.99 Å². The minimum absolute atomic E-state index is 0.424. The molecule has 0 unspecified atom stereocenters. The first-order chi connectivity index (χ1) is 6.33. The number of fused-ring (bicyclic) bond motifs is 1. The van der Waals surface area contributed by atoms with E-state index in [0.717, 1.165) is 11.3 Å². The largest absolute Gasteiger partial charge is 0.302 e. The van der Waals surface area contributed by atoms with Crippen LogP contribution in [0.1, 0.15) is 5.82 Å². The van der Waals surface area contributed by atoms with Gasteiger partial charge in [0, 0.05) is 6.20 Å². The van der Waals surface area contributed by atoms with E-state index in [1.807, 2.05) is 35.7 Å². The molecule has 2 aromatic rings. The van der Waals surface area contributed by atoms with Gasteiger partial charge in [0.05, 0.1) is 5.52 Å². The first kappa shape index (κ1) is 7.71. The summed E-state index contributed by atoms with van der Waals surface area (Å²) in [7, 11) is 0. The average Bonchev–Trinajstić information content (AvgIpc) is 2.46. The van der Waals surface area contributed by atoms with Gasteiger partial charge in [-0.25, -0.2) is 9.78 Å². The SMILES string of the molecule is Cc1nc(N=C=O)c2ccccn12. The third kappa shape index (κ3) is 1.13. The Kier molecular flexibility index (Phi) is 1.69. The van der Waals surface area contributed by atoms with Crippen LogP contribution in [0.5, 0.6) is 0 Å². The molecule has 0 spiro atoms. The zero-order valence-corrected chi connectivity index (χ0v) is 7.06. The van der Waals surface area contributed by atoms with Crippen LogP contribution >= 0.6 is 0 Å². The summed E-state index contributed by atoms with van der Waals surface area (Å²) < 4.78 is 1.87. The molecule has 64 valence electrons. The summed E-state index contributed by atoms with van der Waals surface area (Å²) in [4.78, 5) is 17.7. The lowest BCUT2D eigenvalue weighted by Gasteiger charge is -1.92. The average molecular weight is 173 g/mol. The van der Waals surface area contributed by atoms with E-state index in [0.29, 0.717) is 5.82 Å². The lowest BCUT2D eigenvalue weighted by Crippen LogP contribution is -1.84. The van der Waals surface area contributed by atoms with Crippen LogP contribution in [-0.4, -0.2) is 15.5 Å². The fourth-order valence-electron chi connectivity index (χ4n) is 1.30. The van der Waals surface area contributed by atoms with Crippen LogP contribution in [0.3, 0.4) is 0 Å². The third-order valence-corrected chi connectivity index (χ3v) is 1.86. The van der Waals surface area contributed by atoms with Crippen molar-refractivity contribution in [2.24, 2.45) is 4.99 Å². The molecule has 2 aromatic heterocycles. The zero-order chi connectivity index (χ0) is 9.26. The number of hydrogen-bond donors (Lipinski definition) is 0. The van der Waals surface area contributed by atoms with E-state index in [1.165, 1.54) is 6.08 Å². The molecule has 13 heavy (non-hydrogen) atoms. The van der Waals surface area contributed by atoms with Crippen molar-refractivity contribution in [3.63, 3.8) is 0 Å². The van der Waals surface area contributed by atoms with E-state index in [-0.39, 0.29) is 0 Å². The summed E-state index contributed by atoms with van der Waals surface area (Å²) in [6, 6.07) is 5.63. The van der Waals surface area contributed by atoms with Crippen LogP contribution in [0.4, 0.5) is 5.82 Å². The fourth-order valence-corrected chi connectivity index (χ4v) is 1.30. The summed E-state index contributed by atoms with van der Waals surface area (Å²) in [5.74, 6) is 1.23. The number of hydrogen-bond acceptors (Lipinski definition) is 3. The number of isocyanates is 1. The molecule has 0 amide bonds. The number of rotatable bonds is 1. The molecule has 0 atom stereocenters. The second kappa shape index (κ2) is 2.84. The van der Waals surface area contributed by atoms with Crippen molar-refractivity contribution in [2.75, 3.05) is 0 Å². The Labute approximate surface area is 74.6 Å². The minimum atomic E-state index is 0.424. The molecule has 0 aliphatic carbocycles.